The Morgan fingerprint density at radius 3 is 2.70 bits per heavy atom. The molecule has 3 fully saturated rings. The molecule has 2 atom stereocenters. The van der Waals surface area contributed by atoms with Gasteiger partial charge in [0.05, 0.1) is 11.8 Å². The molecule has 1 aromatic heterocycles. The van der Waals surface area contributed by atoms with Crippen LogP contribution in [0.25, 0.3) is 0 Å². The van der Waals surface area contributed by atoms with E-state index in [2.05, 4.69) is 44.7 Å². The fraction of sp³-hybridized carbons (Fsp3) is 0.615. The van der Waals surface area contributed by atoms with E-state index in [0.29, 0.717) is 32.0 Å². The van der Waals surface area contributed by atoms with Gasteiger partial charge in [-0.2, -0.15) is 18.2 Å². The van der Waals surface area contributed by atoms with Crippen molar-refractivity contribution in [1.82, 2.24) is 20.2 Å². The first kappa shape index (κ1) is 26.0. The summed E-state index contributed by atoms with van der Waals surface area (Å²) in [4.78, 5) is 10.7. The standard InChI is InChI=1S/C26H34F4N6O/c1-25(2)14-17(12-18-4-3-11-36(18)25)33-23-21(27)15-32-24(35-23)34-16-5-6-22(20(13-16)26(28,29)30)37-19-7-9-31-10-8-19/h5-6,13,15,17-19,31H,3-4,7-12,14H2,1-2H3,(H2,32,33,34,35). The Bertz CT molecular complexity index is 1100. The molecule has 0 amide bonds. The largest absolute Gasteiger partial charge is 0.490 e. The monoisotopic (exact) mass is 522 g/mol. The Morgan fingerprint density at radius 1 is 1.16 bits per heavy atom. The number of piperidine rings is 2. The van der Waals surface area contributed by atoms with E-state index in [0.717, 1.165) is 38.1 Å². The summed E-state index contributed by atoms with van der Waals surface area (Å²) in [5, 5.41) is 9.21. The van der Waals surface area contributed by atoms with Gasteiger partial charge in [0.1, 0.15) is 11.9 Å². The molecule has 2 unspecified atom stereocenters. The van der Waals surface area contributed by atoms with Crippen LogP contribution in [-0.2, 0) is 6.18 Å². The quantitative estimate of drug-likeness (QED) is 0.443. The van der Waals surface area contributed by atoms with Gasteiger partial charge >= 0.3 is 6.18 Å². The number of halogens is 4. The van der Waals surface area contributed by atoms with Crippen molar-refractivity contribution in [3.05, 3.63) is 35.8 Å². The molecule has 0 saturated carbocycles. The van der Waals surface area contributed by atoms with E-state index >= 15 is 0 Å². The minimum Gasteiger partial charge on any atom is -0.490 e. The first-order valence-corrected chi connectivity index (χ1v) is 13.0. The average Bonchev–Trinajstić information content (AvgIpc) is 3.32. The zero-order valence-electron chi connectivity index (χ0n) is 21.2. The Kier molecular flexibility index (Phi) is 7.19. The number of hydrogen-bond donors (Lipinski definition) is 3. The number of nitrogens with zero attached hydrogens (tertiary/aromatic N) is 3. The van der Waals surface area contributed by atoms with Crippen LogP contribution in [-0.4, -0.2) is 58.2 Å². The number of benzene rings is 1. The lowest BCUT2D eigenvalue weighted by Gasteiger charge is -2.47. The molecule has 0 aliphatic carbocycles. The van der Waals surface area contributed by atoms with E-state index in [9.17, 15) is 17.6 Å². The summed E-state index contributed by atoms with van der Waals surface area (Å²) in [7, 11) is 0. The maximum atomic E-state index is 14.6. The number of alkyl halides is 3. The smallest absolute Gasteiger partial charge is 0.420 e. The molecule has 0 radical (unpaired) electrons. The lowest BCUT2D eigenvalue weighted by atomic mass is 9.84. The van der Waals surface area contributed by atoms with E-state index in [1.54, 1.807) is 0 Å². The average molecular weight is 523 g/mol. The predicted octanol–water partition coefficient (Wildman–Crippen LogP) is 5.33. The number of ether oxygens (including phenoxy) is 1. The van der Waals surface area contributed by atoms with Gasteiger partial charge in [0.2, 0.25) is 5.95 Å². The maximum absolute atomic E-state index is 14.6. The third-order valence-electron chi connectivity index (χ3n) is 7.66. The van der Waals surface area contributed by atoms with Crippen molar-refractivity contribution >= 4 is 17.5 Å². The highest BCUT2D eigenvalue weighted by atomic mass is 19.4. The number of hydrogen-bond acceptors (Lipinski definition) is 7. The topological polar surface area (TPSA) is 74.3 Å². The molecule has 0 spiro atoms. The van der Waals surface area contributed by atoms with Crippen molar-refractivity contribution in [1.29, 1.82) is 0 Å². The van der Waals surface area contributed by atoms with Crippen LogP contribution in [0.4, 0.5) is 35.0 Å². The van der Waals surface area contributed by atoms with Crippen molar-refractivity contribution < 1.29 is 22.3 Å². The highest BCUT2D eigenvalue weighted by Gasteiger charge is 2.43. The SMILES string of the molecule is CC1(C)CC(Nc2nc(Nc3ccc(OC4CCNCC4)c(C(F)(F)F)c3)ncc2F)CC2CCCN21. The Balaban J connectivity index is 1.32. The minimum absolute atomic E-state index is 0.00633. The Hall–Kier alpha value is -2.66. The van der Waals surface area contributed by atoms with Gasteiger partial charge in [-0.25, -0.2) is 9.37 Å². The Morgan fingerprint density at radius 2 is 1.95 bits per heavy atom. The molecule has 3 N–H and O–H groups in total. The van der Waals surface area contributed by atoms with Gasteiger partial charge in [-0.05, 0) is 90.2 Å². The van der Waals surface area contributed by atoms with E-state index < -0.39 is 17.6 Å². The van der Waals surface area contributed by atoms with Crippen LogP contribution in [0.5, 0.6) is 5.75 Å². The number of aromatic nitrogens is 2. The Labute approximate surface area is 214 Å². The summed E-state index contributed by atoms with van der Waals surface area (Å²) in [6.45, 7) is 6.92. The van der Waals surface area contributed by atoms with Crippen molar-refractivity contribution in [2.45, 2.75) is 82.3 Å². The first-order valence-electron chi connectivity index (χ1n) is 13.0. The fourth-order valence-electron chi connectivity index (χ4n) is 6.00. The lowest BCUT2D eigenvalue weighted by molar-refractivity contribution is -0.139. The summed E-state index contributed by atoms with van der Waals surface area (Å²) in [6, 6.07) is 4.27. The van der Waals surface area contributed by atoms with Crippen molar-refractivity contribution in [3.63, 3.8) is 0 Å². The van der Waals surface area contributed by atoms with Gasteiger partial charge in [0.25, 0.3) is 0 Å². The molecule has 2 aromatic rings. The lowest BCUT2D eigenvalue weighted by Crippen LogP contribution is -2.55. The van der Waals surface area contributed by atoms with Gasteiger partial charge < -0.3 is 20.7 Å². The minimum atomic E-state index is -4.60. The number of nitrogens with one attached hydrogen (secondary N) is 3. The summed E-state index contributed by atoms with van der Waals surface area (Å²) < 4.78 is 61.8. The summed E-state index contributed by atoms with van der Waals surface area (Å²) in [6.07, 6.45) is 1.48. The van der Waals surface area contributed by atoms with Gasteiger partial charge in [-0.3, -0.25) is 4.90 Å². The van der Waals surface area contributed by atoms with Crippen LogP contribution in [0.15, 0.2) is 24.4 Å². The fourth-order valence-corrected chi connectivity index (χ4v) is 6.00. The third-order valence-corrected chi connectivity index (χ3v) is 7.66. The first-order chi connectivity index (χ1) is 17.6. The summed E-state index contributed by atoms with van der Waals surface area (Å²) >= 11 is 0. The molecule has 1 aromatic carbocycles. The molecular formula is C26H34F4N6O. The van der Waals surface area contributed by atoms with Crippen LogP contribution in [0.3, 0.4) is 0 Å². The van der Waals surface area contributed by atoms with Crippen LogP contribution in [0.1, 0.15) is 57.9 Å². The molecule has 3 aliphatic heterocycles. The van der Waals surface area contributed by atoms with Crippen LogP contribution >= 0.6 is 0 Å². The summed E-state index contributed by atoms with van der Waals surface area (Å²) in [5.74, 6) is -0.736. The van der Waals surface area contributed by atoms with Crippen molar-refractivity contribution in [2.24, 2.45) is 0 Å². The second-order valence-electron chi connectivity index (χ2n) is 10.9. The molecule has 3 saturated heterocycles. The summed E-state index contributed by atoms with van der Waals surface area (Å²) in [5.41, 5.74) is -0.738. The molecule has 4 heterocycles. The van der Waals surface area contributed by atoms with E-state index in [1.165, 1.54) is 18.6 Å². The maximum Gasteiger partial charge on any atom is 0.420 e. The molecule has 11 heteroatoms. The molecule has 3 aliphatic rings. The van der Waals surface area contributed by atoms with E-state index in [1.807, 2.05) is 0 Å². The second kappa shape index (κ2) is 10.2. The van der Waals surface area contributed by atoms with E-state index in [4.69, 9.17) is 4.74 Å². The number of fused-ring (bicyclic) bond motifs is 1. The molecule has 37 heavy (non-hydrogen) atoms. The van der Waals surface area contributed by atoms with Gasteiger partial charge in [-0.1, -0.05) is 0 Å². The molecule has 0 bridgehead atoms. The third kappa shape index (κ3) is 5.93. The predicted molar refractivity (Wildman–Crippen MR) is 134 cm³/mol. The highest BCUT2D eigenvalue weighted by molar-refractivity contribution is 5.59. The number of anilines is 3. The normalized spacial score (nSPS) is 24.5. The van der Waals surface area contributed by atoms with E-state index in [-0.39, 0.29) is 40.9 Å². The molecule has 202 valence electrons. The van der Waals surface area contributed by atoms with Gasteiger partial charge in [-0.15, -0.1) is 0 Å². The zero-order chi connectivity index (χ0) is 26.2. The van der Waals surface area contributed by atoms with Crippen molar-refractivity contribution in [2.75, 3.05) is 30.3 Å². The van der Waals surface area contributed by atoms with Crippen LogP contribution < -0.4 is 20.7 Å². The number of rotatable bonds is 6. The van der Waals surface area contributed by atoms with Crippen LogP contribution in [0.2, 0.25) is 0 Å². The molecular weight excluding hydrogens is 488 g/mol. The van der Waals surface area contributed by atoms with Crippen LogP contribution in [0, 0.1) is 5.82 Å². The van der Waals surface area contributed by atoms with Crippen molar-refractivity contribution in [3.8, 4) is 5.75 Å². The van der Waals surface area contributed by atoms with Gasteiger partial charge in [0.15, 0.2) is 11.6 Å². The zero-order valence-corrected chi connectivity index (χ0v) is 21.2. The second-order valence-corrected chi connectivity index (χ2v) is 10.9. The van der Waals surface area contributed by atoms with Gasteiger partial charge in [0, 0.05) is 23.3 Å². The molecule has 7 nitrogen and oxygen atoms in total. The highest BCUT2D eigenvalue weighted by Crippen LogP contribution is 2.40. The molecule has 5 rings (SSSR count).